The Kier molecular flexibility index (Phi) is 3.62. The Bertz CT molecular complexity index is 257. The van der Waals surface area contributed by atoms with Crippen molar-refractivity contribution in [2.24, 2.45) is 5.92 Å². The molecule has 0 rings (SSSR count). The molecule has 0 saturated carbocycles. The maximum atomic E-state index is 10.8. The highest BCUT2D eigenvalue weighted by atomic mass is 32.2. The summed E-state index contributed by atoms with van der Waals surface area (Å²) in [7, 11) is -4.51. The molecule has 0 aliphatic rings. The van der Waals surface area contributed by atoms with Gasteiger partial charge in [0.1, 0.15) is 0 Å². The number of hydrogen-bond donors (Lipinski definition) is 3. The van der Waals surface area contributed by atoms with Crippen LogP contribution in [-0.2, 0) is 15.1 Å². The van der Waals surface area contributed by atoms with Crippen molar-refractivity contribution >= 4 is 16.2 Å². The lowest BCUT2D eigenvalue weighted by Crippen LogP contribution is -2.38. The van der Waals surface area contributed by atoms with Crippen molar-refractivity contribution in [3.8, 4) is 0 Å². The SMILES string of the molecule is C[C@H](O)[C@H](C)C(=O)NS(=O)(=O)O. The van der Waals surface area contributed by atoms with Gasteiger partial charge in [-0.25, -0.2) is 4.72 Å². The van der Waals surface area contributed by atoms with Gasteiger partial charge in [0.15, 0.2) is 0 Å². The Hall–Kier alpha value is -0.660. The molecule has 0 aromatic heterocycles. The number of amides is 1. The van der Waals surface area contributed by atoms with E-state index >= 15 is 0 Å². The van der Waals surface area contributed by atoms with Crippen LogP contribution in [0.5, 0.6) is 0 Å². The van der Waals surface area contributed by atoms with Crippen LogP contribution in [0.1, 0.15) is 13.8 Å². The van der Waals surface area contributed by atoms with Crippen LogP contribution in [0.15, 0.2) is 0 Å². The van der Waals surface area contributed by atoms with E-state index in [1.165, 1.54) is 18.6 Å². The minimum atomic E-state index is -4.51. The molecule has 0 radical (unpaired) electrons. The molecule has 0 heterocycles. The molecule has 0 unspecified atom stereocenters. The van der Waals surface area contributed by atoms with Gasteiger partial charge in [-0.1, -0.05) is 6.92 Å². The van der Waals surface area contributed by atoms with Gasteiger partial charge in [-0.3, -0.25) is 9.35 Å². The molecule has 6 nitrogen and oxygen atoms in total. The first-order chi connectivity index (χ1) is 5.24. The van der Waals surface area contributed by atoms with E-state index < -0.39 is 28.2 Å². The van der Waals surface area contributed by atoms with Crippen LogP contribution >= 0.6 is 0 Å². The lowest BCUT2D eigenvalue weighted by Gasteiger charge is -2.12. The van der Waals surface area contributed by atoms with Crippen molar-refractivity contribution in [1.82, 2.24) is 4.72 Å². The van der Waals surface area contributed by atoms with Crippen LogP contribution in [-0.4, -0.2) is 30.1 Å². The summed E-state index contributed by atoms with van der Waals surface area (Å²) in [5, 5.41) is 8.85. The van der Waals surface area contributed by atoms with E-state index in [0.717, 1.165) is 0 Å². The first-order valence-corrected chi connectivity index (χ1v) is 4.65. The highest BCUT2D eigenvalue weighted by Gasteiger charge is 2.21. The Morgan fingerprint density at radius 2 is 1.83 bits per heavy atom. The number of carbonyl (C=O) groups is 1. The number of aliphatic hydroxyl groups is 1. The zero-order valence-corrected chi connectivity index (χ0v) is 7.50. The zero-order valence-electron chi connectivity index (χ0n) is 6.68. The maximum Gasteiger partial charge on any atom is 0.359 e. The van der Waals surface area contributed by atoms with Crippen molar-refractivity contribution in [1.29, 1.82) is 0 Å². The molecule has 0 fully saturated rings. The first kappa shape index (κ1) is 11.3. The van der Waals surface area contributed by atoms with Gasteiger partial charge in [0.25, 0.3) is 0 Å². The van der Waals surface area contributed by atoms with Crippen LogP contribution in [0, 0.1) is 5.92 Å². The summed E-state index contributed by atoms with van der Waals surface area (Å²) in [4.78, 5) is 10.8. The molecule has 1 amide bonds. The summed E-state index contributed by atoms with van der Waals surface area (Å²) < 4.78 is 29.7. The molecule has 2 atom stereocenters. The van der Waals surface area contributed by atoms with Crippen LogP contribution in [0.25, 0.3) is 0 Å². The Morgan fingerprint density at radius 1 is 1.42 bits per heavy atom. The van der Waals surface area contributed by atoms with Gasteiger partial charge in [0.2, 0.25) is 5.91 Å². The minimum Gasteiger partial charge on any atom is -0.393 e. The quantitative estimate of drug-likeness (QED) is 0.499. The predicted molar refractivity (Wildman–Crippen MR) is 40.5 cm³/mol. The molecule has 72 valence electrons. The summed E-state index contributed by atoms with van der Waals surface area (Å²) in [5.41, 5.74) is 0. The smallest absolute Gasteiger partial charge is 0.359 e. The van der Waals surface area contributed by atoms with E-state index in [1.54, 1.807) is 0 Å². The molecule has 0 saturated heterocycles. The second kappa shape index (κ2) is 3.83. The van der Waals surface area contributed by atoms with Crippen LogP contribution in [0.3, 0.4) is 0 Å². The molecule has 0 spiro atoms. The molecule has 0 aromatic carbocycles. The lowest BCUT2D eigenvalue weighted by atomic mass is 10.1. The minimum absolute atomic E-state index is 0.882. The molecule has 0 bridgehead atoms. The topological polar surface area (TPSA) is 104 Å². The van der Waals surface area contributed by atoms with Gasteiger partial charge in [-0.15, -0.1) is 0 Å². The summed E-state index contributed by atoms with van der Waals surface area (Å²) in [6.45, 7) is 2.68. The van der Waals surface area contributed by atoms with Gasteiger partial charge in [-0.2, -0.15) is 8.42 Å². The normalized spacial score (nSPS) is 16.7. The van der Waals surface area contributed by atoms with Gasteiger partial charge in [-0.05, 0) is 6.92 Å². The average molecular weight is 197 g/mol. The van der Waals surface area contributed by atoms with E-state index in [4.69, 9.17) is 9.66 Å². The number of hydrogen-bond acceptors (Lipinski definition) is 4. The van der Waals surface area contributed by atoms with Gasteiger partial charge < -0.3 is 5.11 Å². The van der Waals surface area contributed by atoms with Gasteiger partial charge in [0, 0.05) is 0 Å². The van der Waals surface area contributed by atoms with E-state index in [2.05, 4.69) is 0 Å². The van der Waals surface area contributed by atoms with Crippen molar-refractivity contribution in [2.45, 2.75) is 20.0 Å². The van der Waals surface area contributed by atoms with Crippen LogP contribution < -0.4 is 4.72 Å². The standard InChI is InChI=1S/C5H11NO5S/c1-3(4(2)7)5(8)6-12(9,10)11/h3-4,7H,1-2H3,(H,6,8)(H,9,10,11)/t3-,4-/m0/s1. The monoisotopic (exact) mass is 197 g/mol. The van der Waals surface area contributed by atoms with Crippen LogP contribution in [0.2, 0.25) is 0 Å². The molecular formula is C5H11NO5S. The Morgan fingerprint density at radius 3 is 2.08 bits per heavy atom. The van der Waals surface area contributed by atoms with Gasteiger partial charge >= 0.3 is 10.3 Å². The lowest BCUT2D eigenvalue weighted by molar-refractivity contribution is -0.125. The first-order valence-electron chi connectivity index (χ1n) is 3.21. The maximum absolute atomic E-state index is 10.8. The highest BCUT2D eigenvalue weighted by Crippen LogP contribution is 2.01. The third-order valence-corrected chi connectivity index (χ3v) is 1.83. The Balaban J connectivity index is 4.25. The largest absolute Gasteiger partial charge is 0.393 e. The molecule has 3 N–H and O–H groups in total. The molecule has 0 aromatic rings. The third kappa shape index (κ3) is 4.27. The molecule has 12 heavy (non-hydrogen) atoms. The van der Waals surface area contributed by atoms with E-state index in [1.807, 2.05) is 0 Å². The number of aliphatic hydroxyl groups excluding tert-OH is 1. The summed E-state index contributed by atoms with van der Waals surface area (Å²) in [6, 6.07) is 0. The molecule has 0 aliphatic heterocycles. The fourth-order valence-electron chi connectivity index (χ4n) is 0.439. The second-order valence-corrected chi connectivity index (χ2v) is 3.62. The van der Waals surface area contributed by atoms with Crippen molar-refractivity contribution in [3.63, 3.8) is 0 Å². The van der Waals surface area contributed by atoms with Crippen molar-refractivity contribution < 1.29 is 22.9 Å². The molecule has 7 heteroatoms. The van der Waals surface area contributed by atoms with Crippen molar-refractivity contribution in [2.75, 3.05) is 0 Å². The third-order valence-electron chi connectivity index (χ3n) is 1.37. The number of carbonyl (C=O) groups excluding carboxylic acids is 1. The van der Waals surface area contributed by atoms with Crippen molar-refractivity contribution in [3.05, 3.63) is 0 Å². The fourth-order valence-corrected chi connectivity index (χ4v) is 0.879. The summed E-state index contributed by atoms with van der Waals surface area (Å²) >= 11 is 0. The molecular weight excluding hydrogens is 186 g/mol. The summed E-state index contributed by atoms with van der Waals surface area (Å²) in [6.07, 6.45) is -0.966. The highest BCUT2D eigenvalue weighted by molar-refractivity contribution is 7.84. The molecule has 0 aliphatic carbocycles. The summed E-state index contributed by atoms with van der Waals surface area (Å²) in [5.74, 6) is -1.82. The fraction of sp³-hybridized carbons (Fsp3) is 0.800. The van der Waals surface area contributed by atoms with Gasteiger partial charge in [0.05, 0.1) is 12.0 Å². The van der Waals surface area contributed by atoms with Crippen LogP contribution in [0.4, 0.5) is 0 Å². The average Bonchev–Trinajstić information content (AvgIpc) is 1.82. The second-order valence-electron chi connectivity index (χ2n) is 2.47. The predicted octanol–water partition coefficient (Wildman–Crippen LogP) is -1.08. The zero-order chi connectivity index (χ0) is 9.94. The number of nitrogens with one attached hydrogen (secondary N) is 1. The van der Waals surface area contributed by atoms with E-state index in [9.17, 15) is 13.2 Å². The number of rotatable bonds is 3. The van der Waals surface area contributed by atoms with E-state index in [0.29, 0.717) is 0 Å². The Labute approximate surface area is 70.5 Å². The van der Waals surface area contributed by atoms with E-state index in [-0.39, 0.29) is 0 Å².